The van der Waals surface area contributed by atoms with Gasteiger partial charge in [-0.15, -0.1) is 0 Å². The quantitative estimate of drug-likeness (QED) is 0.518. The molecule has 0 radical (unpaired) electrons. The van der Waals surface area contributed by atoms with Crippen LogP contribution < -0.4 is 0 Å². The Balaban J connectivity index is 1.69. The maximum Gasteiger partial charge on any atom is 0.123 e. The second-order valence-corrected chi connectivity index (χ2v) is 8.81. The zero-order chi connectivity index (χ0) is 21.1. The Morgan fingerprint density at radius 3 is 2.33 bits per heavy atom. The molecule has 0 fully saturated rings. The molecule has 0 amide bonds. The molecule has 0 spiro atoms. The molecule has 0 unspecified atom stereocenters. The molecule has 152 valence electrons. The fourth-order valence-electron chi connectivity index (χ4n) is 3.71. The Labute approximate surface area is 181 Å². The van der Waals surface area contributed by atoms with Gasteiger partial charge in [0.15, 0.2) is 0 Å². The van der Waals surface area contributed by atoms with E-state index in [2.05, 4.69) is 41.3 Å². The van der Waals surface area contributed by atoms with E-state index in [4.69, 9.17) is 4.74 Å². The third-order valence-corrected chi connectivity index (χ3v) is 6.26. The summed E-state index contributed by atoms with van der Waals surface area (Å²) in [5.41, 5.74) is 6.17. The average molecular weight is 419 g/mol. The number of nitriles is 1. The van der Waals surface area contributed by atoms with E-state index < -0.39 is 0 Å². The van der Waals surface area contributed by atoms with Gasteiger partial charge in [0.25, 0.3) is 0 Å². The maximum atomic E-state index is 13.1. The van der Waals surface area contributed by atoms with Gasteiger partial charge in [0, 0.05) is 21.9 Å². The summed E-state index contributed by atoms with van der Waals surface area (Å²) in [6.45, 7) is 2.03. The molecule has 1 aliphatic rings. The van der Waals surface area contributed by atoms with Crippen LogP contribution in [0.25, 0.3) is 11.1 Å². The third kappa shape index (κ3) is 4.41. The molecule has 3 aromatic rings. The first-order valence-corrected chi connectivity index (χ1v) is 10.7. The molecule has 5 heteroatoms. The van der Waals surface area contributed by atoms with E-state index in [1.54, 1.807) is 23.9 Å². The van der Waals surface area contributed by atoms with Crippen LogP contribution in [0.15, 0.2) is 64.4 Å². The number of hydrogen-bond acceptors (Lipinski definition) is 4. The number of fused-ring (bicyclic) bond motifs is 1. The average Bonchev–Trinajstić information content (AvgIpc) is 3.21. The van der Waals surface area contributed by atoms with Crippen LogP contribution in [0.5, 0.6) is 0 Å². The number of ether oxygens (including phenoxy) is 1. The van der Waals surface area contributed by atoms with Gasteiger partial charge in [0.05, 0.1) is 18.8 Å². The van der Waals surface area contributed by atoms with Crippen molar-refractivity contribution in [3.05, 3.63) is 82.7 Å². The number of likely N-dealkylation sites (N-methyl/N-ethyl adjacent to an activating group) is 1. The van der Waals surface area contributed by atoms with Crippen LogP contribution in [0.4, 0.5) is 4.39 Å². The normalized spacial score (nSPS) is 12.8. The Morgan fingerprint density at radius 1 is 1.03 bits per heavy atom. The minimum atomic E-state index is -0.232. The van der Waals surface area contributed by atoms with Crippen LogP contribution in [0, 0.1) is 17.1 Å². The van der Waals surface area contributed by atoms with Crippen molar-refractivity contribution in [2.45, 2.75) is 29.4 Å². The summed E-state index contributed by atoms with van der Waals surface area (Å²) in [7, 11) is 4.09. The molecular formula is C25H23FN2OS. The smallest absolute Gasteiger partial charge is 0.123 e. The van der Waals surface area contributed by atoms with Crippen molar-refractivity contribution in [3.8, 4) is 17.2 Å². The summed E-state index contributed by atoms with van der Waals surface area (Å²) in [6.07, 6.45) is 0.828. The van der Waals surface area contributed by atoms with Crippen molar-refractivity contribution >= 4 is 11.8 Å². The Hall–Kier alpha value is -2.65. The molecule has 4 rings (SSSR count). The standard InChI is InChI=1S/C25H23FN2OS/c1-28(2)12-11-18-13-19-15-29-16-24(19)25(23(18)14-27)17-3-7-21(8-4-17)30-22-9-5-20(26)6-10-22/h3-10,13H,11-12,15-16H2,1-2H3. The van der Waals surface area contributed by atoms with E-state index in [9.17, 15) is 9.65 Å². The molecule has 3 nitrogen and oxygen atoms in total. The van der Waals surface area contributed by atoms with E-state index in [0.29, 0.717) is 13.2 Å². The largest absolute Gasteiger partial charge is 0.372 e. The molecule has 0 aliphatic carbocycles. The SMILES string of the molecule is CN(C)CCc1cc2c(c(-c3ccc(Sc4ccc(F)cc4)cc3)c1C#N)COC2. The van der Waals surface area contributed by atoms with E-state index in [0.717, 1.165) is 50.6 Å². The summed E-state index contributed by atoms with van der Waals surface area (Å²) in [5.74, 6) is -0.232. The van der Waals surface area contributed by atoms with Gasteiger partial charge in [-0.25, -0.2) is 4.39 Å². The summed E-state index contributed by atoms with van der Waals surface area (Å²) < 4.78 is 18.8. The van der Waals surface area contributed by atoms with Crippen LogP contribution in [0.2, 0.25) is 0 Å². The number of benzene rings is 3. The van der Waals surface area contributed by atoms with Gasteiger partial charge in [-0.1, -0.05) is 30.0 Å². The predicted octanol–water partition coefficient (Wildman–Crippen LogP) is 5.65. The number of nitrogens with zero attached hydrogens (tertiary/aromatic N) is 2. The molecular weight excluding hydrogens is 395 g/mol. The van der Waals surface area contributed by atoms with Gasteiger partial charge in [-0.2, -0.15) is 5.26 Å². The van der Waals surface area contributed by atoms with Gasteiger partial charge < -0.3 is 9.64 Å². The highest BCUT2D eigenvalue weighted by atomic mass is 32.2. The molecule has 0 bridgehead atoms. The molecule has 0 aromatic heterocycles. The first kappa shape index (κ1) is 20.6. The highest BCUT2D eigenvalue weighted by Gasteiger charge is 2.23. The molecule has 1 aliphatic heterocycles. The van der Waals surface area contributed by atoms with Crippen LogP contribution in [-0.2, 0) is 24.4 Å². The van der Waals surface area contributed by atoms with Crippen LogP contribution in [-0.4, -0.2) is 25.5 Å². The van der Waals surface area contributed by atoms with Crippen molar-refractivity contribution < 1.29 is 9.13 Å². The number of rotatable bonds is 6. The summed E-state index contributed by atoms with van der Waals surface area (Å²) in [4.78, 5) is 4.19. The van der Waals surface area contributed by atoms with Gasteiger partial charge in [-0.05, 0) is 79.2 Å². The van der Waals surface area contributed by atoms with E-state index in [1.165, 1.54) is 17.7 Å². The van der Waals surface area contributed by atoms with Crippen molar-refractivity contribution in [3.63, 3.8) is 0 Å². The highest BCUT2D eigenvalue weighted by molar-refractivity contribution is 7.99. The molecule has 3 aromatic carbocycles. The Bertz CT molecular complexity index is 1090. The van der Waals surface area contributed by atoms with Crippen LogP contribution in [0.1, 0.15) is 22.3 Å². The summed E-state index contributed by atoms with van der Waals surface area (Å²) in [5, 5.41) is 9.99. The Kier molecular flexibility index (Phi) is 6.19. The van der Waals surface area contributed by atoms with Gasteiger partial charge in [-0.3, -0.25) is 0 Å². The lowest BCUT2D eigenvalue weighted by Crippen LogP contribution is -2.16. The molecule has 0 saturated carbocycles. The van der Waals surface area contributed by atoms with Crippen LogP contribution in [0.3, 0.4) is 0 Å². The van der Waals surface area contributed by atoms with Crippen molar-refractivity contribution in [2.75, 3.05) is 20.6 Å². The molecule has 0 saturated heterocycles. The first-order chi connectivity index (χ1) is 14.5. The monoisotopic (exact) mass is 418 g/mol. The fraction of sp³-hybridized carbons (Fsp3) is 0.240. The number of halogens is 1. The molecule has 30 heavy (non-hydrogen) atoms. The minimum Gasteiger partial charge on any atom is -0.372 e. The highest BCUT2D eigenvalue weighted by Crippen LogP contribution is 2.38. The van der Waals surface area contributed by atoms with Crippen LogP contribution >= 0.6 is 11.8 Å². The van der Waals surface area contributed by atoms with Crippen molar-refractivity contribution in [2.24, 2.45) is 0 Å². The lowest BCUT2D eigenvalue weighted by molar-refractivity contribution is 0.134. The zero-order valence-corrected chi connectivity index (χ0v) is 17.9. The third-order valence-electron chi connectivity index (χ3n) is 5.25. The lowest BCUT2D eigenvalue weighted by atomic mass is 9.88. The van der Waals surface area contributed by atoms with E-state index in [1.807, 2.05) is 14.1 Å². The predicted molar refractivity (Wildman–Crippen MR) is 118 cm³/mol. The lowest BCUT2D eigenvalue weighted by Gasteiger charge is -2.17. The van der Waals surface area contributed by atoms with Gasteiger partial charge >= 0.3 is 0 Å². The first-order valence-electron chi connectivity index (χ1n) is 9.89. The van der Waals surface area contributed by atoms with Gasteiger partial charge in [0.1, 0.15) is 11.9 Å². The molecule has 1 heterocycles. The van der Waals surface area contributed by atoms with E-state index in [-0.39, 0.29) is 5.82 Å². The second kappa shape index (κ2) is 9.01. The Morgan fingerprint density at radius 2 is 1.70 bits per heavy atom. The second-order valence-electron chi connectivity index (χ2n) is 7.66. The fourth-order valence-corrected chi connectivity index (χ4v) is 4.53. The van der Waals surface area contributed by atoms with Gasteiger partial charge in [0.2, 0.25) is 0 Å². The minimum absolute atomic E-state index is 0.232. The molecule has 0 N–H and O–H groups in total. The number of hydrogen-bond donors (Lipinski definition) is 0. The van der Waals surface area contributed by atoms with E-state index >= 15 is 0 Å². The topological polar surface area (TPSA) is 36.3 Å². The summed E-state index contributed by atoms with van der Waals surface area (Å²) >= 11 is 1.59. The maximum absolute atomic E-state index is 13.1. The van der Waals surface area contributed by atoms with Crippen molar-refractivity contribution in [1.29, 1.82) is 5.26 Å². The zero-order valence-electron chi connectivity index (χ0n) is 17.1. The van der Waals surface area contributed by atoms with Crippen molar-refractivity contribution in [1.82, 2.24) is 4.90 Å². The molecule has 0 atom stereocenters. The summed E-state index contributed by atoms with van der Waals surface area (Å²) in [6, 6.07) is 19.3.